The molecule has 2 aromatic rings. The van der Waals surface area contributed by atoms with Gasteiger partial charge in [-0.3, -0.25) is 14.4 Å². The van der Waals surface area contributed by atoms with E-state index in [9.17, 15) is 14.4 Å². The second kappa shape index (κ2) is 11.0. The maximum atomic E-state index is 12.9. The summed E-state index contributed by atoms with van der Waals surface area (Å²) >= 11 is 0. The molecule has 0 aliphatic rings. The minimum atomic E-state index is -0.443. The molecule has 6 nitrogen and oxygen atoms in total. The standard InChI is InChI=1S/C23H28N2O4/c1-17(23(28)29-3)15-25(16-19-10-6-4-7-11-19)21(26)14-18(2)24-22(27)20-12-8-5-9-13-20/h4-13,17-18H,14-16H2,1-3H3,(H,24,27). The largest absolute Gasteiger partial charge is 0.469 e. The molecule has 0 saturated carbocycles. The topological polar surface area (TPSA) is 75.7 Å². The summed E-state index contributed by atoms with van der Waals surface area (Å²) in [5.74, 6) is -1.16. The smallest absolute Gasteiger partial charge is 0.310 e. The number of nitrogens with zero attached hydrogens (tertiary/aromatic N) is 1. The Kier molecular flexibility index (Phi) is 8.40. The van der Waals surface area contributed by atoms with Gasteiger partial charge in [0.15, 0.2) is 0 Å². The van der Waals surface area contributed by atoms with Crippen LogP contribution in [0.2, 0.25) is 0 Å². The fourth-order valence-electron chi connectivity index (χ4n) is 3.00. The lowest BCUT2D eigenvalue weighted by Crippen LogP contribution is -2.41. The van der Waals surface area contributed by atoms with Gasteiger partial charge < -0.3 is 15.0 Å². The maximum absolute atomic E-state index is 12.9. The van der Waals surface area contributed by atoms with Crippen LogP contribution in [-0.4, -0.2) is 42.4 Å². The van der Waals surface area contributed by atoms with Gasteiger partial charge in [-0.2, -0.15) is 0 Å². The van der Waals surface area contributed by atoms with Gasteiger partial charge >= 0.3 is 5.97 Å². The highest BCUT2D eigenvalue weighted by molar-refractivity contribution is 5.94. The molecule has 6 heteroatoms. The number of carbonyl (C=O) groups is 3. The highest BCUT2D eigenvalue weighted by atomic mass is 16.5. The Morgan fingerprint density at radius 3 is 2.14 bits per heavy atom. The number of rotatable bonds is 9. The second-order valence-corrected chi connectivity index (χ2v) is 7.13. The van der Waals surface area contributed by atoms with Gasteiger partial charge in [-0.05, 0) is 24.6 Å². The van der Waals surface area contributed by atoms with Crippen LogP contribution >= 0.6 is 0 Å². The molecule has 0 aliphatic heterocycles. The van der Waals surface area contributed by atoms with Crippen molar-refractivity contribution >= 4 is 17.8 Å². The molecule has 2 unspecified atom stereocenters. The van der Waals surface area contributed by atoms with Gasteiger partial charge in [0.2, 0.25) is 5.91 Å². The van der Waals surface area contributed by atoms with Crippen LogP contribution in [0.4, 0.5) is 0 Å². The molecule has 0 fully saturated rings. The number of hydrogen-bond acceptors (Lipinski definition) is 4. The minimum absolute atomic E-state index is 0.134. The summed E-state index contributed by atoms with van der Waals surface area (Å²) in [4.78, 5) is 38.7. The number of amides is 2. The number of carbonyl (C=O) groups excluding carboxylic acids is 3. The van der Waals surface area contributed by atoms with E-state index in [1.165, 1.54) is 7.11 Å². The van der Waals surface area contributed by atoms with Gasteiger partial charge in [-0.15, -0.1) is 0 Å². The summed E-state index contributed by atoms with van der Waals surface area (Å²) in [6.45, 7) is 4.17. The number of ether oxygens (including phenoxy) is 1. The van der Waals surface area contributed by atoms with E-state index in [0.717, 1.165) is 5.56 Å². The Bertz CT molecular complexity index is 808. The summed E-state index contributed by atoms with van der Waals surface area (Å²) in [6.07, 6.45) is 0.138. The average Bonchev–Trinajstić information content (AvgIpc) is 2.73. The zero-order valence-electron chi connectivity index (χ0n) is 17.1. The van der Waals surface area contributed by atoms with Gasteiger partial charge in [0.05, 0.1) is 13.0 Å². The van der Waals surface area contributed by atoms with Crippen molar-refractivity contribution in [1.29, 1.82) is 0 Å². The van der Waals surface area contributed by atoms with E-state index in [1.54, 1.807) is 43.0 Å². The van der Waals surface area contributed by atoms with Crippen molar-refractivity contribution in [3.8, 4) is 0 Å². The third-order valence-corrected chi connectivity index (χ3v) is 4.56. The Morgan fingerprint density at radius 2 is 1.55 bits per heavy atom. The highest BCUT2D eigenvalue weighted by Gasteiger charge is 2.23. The Balaban J connectivity index is 2.03. The molecule has 29 heavy (non-hydrogen) atoms. The van der Waals surface area contributed by atoms with Gasteiger partial charge in [-0.1, -0.05) is 55.5 Å². The van der Waals surface area contributed by atoms with Crippen LogP contribution in [0.3, 0.4) is 0 Å². The van der Waals surface area contributed by atoms with Gasteiger partial charge in [0, 0.05) is 31.1 Å². The summed E-state index contributed by atoms with van der Waals surface area (Å²) in [5.41, 5.74) is 1.52. The van der Waals surface area contributed by atoms with Crippen LogP contribution in [0.5, 0.6) is 0 Å². The quantitative estimate of drug-likeness (QED) is 0.661. The van der Waals surface area contributed by atoms with Gasteiger partial charge in [-0.25, -0.2) is 0 Å². The van der Waals surface area contributed by atoms with Crippen molar-refractivity contribution in [3.63, 3.8) is 0 Å². The highest BCUT2D eigenvalue weighted by Crippen LogP contribution is 2.12. The summed E-state index contributed by atoms with van der Waals surface area (Å²) in [5, 5.41) is 2.86. The molecule has 0 bridgehead atoms. The van der Waals surface area contributed by atoms with Crippen LogP contribution in [0, 0.1) is 5.92 Å². The predicted molar refractivity (Wildman–Crippen MR) is 111 cm³/mol. The molecule has 2 rings (SSSR count). The van der Waals surface area contributed by atoms with E-state index in [0.29, 0.717) is 12.1 Å². The molecule has 2 atom stereocenters. The first-order valence-electron chi connectivity index (χ1n) is 9.66. The first-order chi connectivity index (χ1) is 13.9. The lowest BCUT2D eigenvalue weighted by Gasteiger charge is -2.27. The van der Waals surface area contributed by atoms with Crippen molar-refractivity contribution in [2.24, 2.45) is 5.92 Å². The fourth-order valence-corrected chi connectivity index (χ4v) is 3.00. The molecule has 154 valence electrons. The molecular weight excluding hydrogens is 368 g/mol. The fraction of sp³-hybridized carbons (Fsp3) is 0.348. The number of benzene rings is 2. The monoisotopic (exact) mass is 396 g/mol. The zero-order chi connectivity index (χ0) is 21.2. The molecule has 1 N–H and O–H groups in total. The number of hydrogen-bond donors (Lipinski definition) is 1. The van der Waals surface area contributed by atoms with E-state index >= 15 is 0 Å². The van der Waals surface area contributed by atoms with Crippen LogP contribution in [0.25, 0.3) is 0 Å². The average molecular weight is 396 g/mol. The maximum Gasteiger partial charge on any atom is 0.310 e. The van der Waals surface area contributed by atoms with Crippen molar-refractivity contribution in [2.45, 2.75) is 32.9 Å². The number of nitrogens with one attached hydrogen (secondary N) is 1. The lowest BCUT2D eigenvalue weighted by atomic mass is 10.1. The molecule has 2 amide bonds. The number of esters is 1. The van der Waals surface area contributed by atoms with E-state index in [1.807, 2.05) is 36.4 Å². The number of methoxy groups -OCH3 is 1. The molecular formula is C23H28N2O4. The van der Waals surface area contributed by atoms with E-state index in [-0.39, 0.29) is 36.8 Å². The van der Waals surface area contributed by atoms with Crippen molar-refractivity contribution in [2.75, 3.05) is 13.7 Å². The summed E-state index contributed by atoms with van der Waals surface area (Å²) < 4.78 is 4.79. The Labute approximate surface area is 171 Å². The first kappa shape index (κ1) is 22.1. The first-order valence-corrected chi connectivity index (χ1v) is 9.66. The van der Waals surface area contributed by atoms with Crippen LogP contribution in [-0.2, 0) is 20.9 Å². The lowest BCUT2D eigenvalue weighted by molar-refractivity contribution is -0.146. The van der Waals surface area contributed by atoms with Crippen LogP contribution in [0.1, 0.15) is 36.2 Å². The Morgan fingerprint density at radius 1 is 0.966 bits per heavy atom. The third kappa shape index (κ3) is 7.07. The van der Waals surface area contributed by atoms with Crippen LogP contribution in [0.15, 0.2) is 60.7 Å². The molecule has 0 spiro atoms. The zero-order valence-corrected chi connectivity index (χ0v) is 17.1. The van der Waals surface area contributed by atoms with Crippen LogP contribution < -0.4 is 5.32 Å². The summed E-state index contributed by atoms with van der Waals surface area (Å²) in [7, 11) is 1.34. The van der Waals surface area contributed by atoms with Gasteiger partial charge in [0.1, 0.15) is 0 Å². The van der Waals surface area contributed by atoms with E-state index < -0.39 is 5.92 Å². The van der Waals surface area contributed by atoms with Crippen molar-refractivity contribution < 1.29 is 19.1 Å². The second-order valence-electron chi connectivity index (χ2n) is 7.13. The minimum Gasteiger partial charge on any atom is -0.469 e. The molecule has 0 radical (unpaired) electrons. The molecule has 0 aromatic heterocycles. The third-order valence-electron chi connectivity index (χ3n) is 4.56. The van der Waals surface area contributed by atoms with Crippen molar-refractivity contribution in [1.82, 2.24) is 10.2 Å². The molecule has 2 aromatic carbocycles. The molecule has 0 aliphatic carbocycles. The van der Waals surface area contributed by atoms with Crippen molar-refractivity contribution in [3.05, 3.63) is 71.8 Å². The van der Waals surface area contributed by atoms with Gasteiger partial charge in [0.25, 0.3) is 5.91 Å². The van der Waals surface area contributed by atoms with E-state index in [2.05, 4.69) is 5.32 Å². The molecule has 0 heterocycles. The predicted octanol–water partition coefficient (Wildman–Crippen LogP) is 3.03. The summed E-state index contributed by atoms with van der Waals surface area (Å²) in [6, 6.07) is 18.1. The molecule has 0 saturated heterocycles. The normalized spacial score (nSPS) is 12.5. The SMILES string of the molecule is COC(=O)C(C)CN(Cc1ccccc1)C(=O)CC(C)NC(=O)c1ccccc1. The van der Waals surface area contributed by atoms with E-state index in [4.69, 9.17) is 4.74 Å². The Hall–Kier alpha value is -3.15.